The third-order valence-electron chi connectivity index (χ3n) is 5.25. The van der Waals surface area contributed by atoms with E-state index in [1.807, 2.05) is 62.4 Å². The summed E-state index contributed by atoms with van der Waals surface area (Å²) >= 11 is 0. The maximum atomic E-state index is 12.4. The van der Waals surface area contributed by atoms with Crippen molar-refractivity contribution in [2.45, 2.75) is 13.8 Å². The number of nitrogens with zero attached hydrogens (tertiary/aromatic N) is 1. The first kappa shape index (κ1) is 22.1. The van der Waals surface area contributed by atoms with Crippen molar-refractivity contribution in [3.8, 4) is 11.5 Å². The minimum Gasteiger partial charge on any atom is -0.492 e. The molecule has 6 nitrogen and oxygen atoms in total. The van der Waals surface area contributed by atoms with Crippen LogP contribution in [-0.4, -0.2) is 31.6 Å². The molecule has 4 rings (SSSR count). The fourth-order valence-corrected chi connectivity index (χ4v) is 3.52. The fraction of sp³-hybridized carbons (Fsp3) is 0.185. The lowest BCUT2D eigenvalue weighted by Crippen LogP contribution is -2.41. The Morgan fingerprint density at radius 2 is 1.88 bits per heavy atom. The Morgan fingerprint density at radius 3 is 2.67 bits per heavy atom. The highest BCUT2D eigenvalue weighted by molar-refractivity contribution is 6.03. The zero-order valence-corrected chi connectivity index (χ0v) is 18.7. The van der Waals surface area contributed by atoms with E-state index in [9.17, 15) is 9.59 Å². The summed E-state index contributed by atoms with van der Waals surface area (Å²) in [6, 6.07) is 21.0. The molecule has 0 saturated heterocycles. The molecule has 1 aliphatic rings. The van der Waals surface area contributed by atoms with E-state index in [1.165, 1.54) is 11.6 Å². The Kier molecular flexibility index (Phi) is 6.74. The van der Waals surface area contributed by atoms with Gasteiger partial charge in [0, 0.05) is 17.8 Å². The predicted molar refractivity (Wildman–Crippen MR) is 130 cm³/mol. The topological polar surface area (TPSA) is 67.9 Å². The Balaban J connectivity index is 1.38. The number of amides is 2. The first-order valence-corrected chi connectivity index (χ1v) is 10.8. The predicted octanol–water partition coefficient (Wildman–Crippen LogP) is 4.76. The van der Waals surface area contributed by atoms with Crippen LogP contribution in [-0.2, 0) is 9.59 Å². The Labute approximate surface area is 193 Å². The van der Waals surface area contributed by atoms with Gasteiger partial charge in [0.25, 0.3) is 5.91 Å². The summed E-state index contributed by atoms with van der Waals surface area (Å²) in [5.41, 5.74) is 4.49. The minimum absolute atomic E-state index is 0.0534. The Bertz CT molecular complexity index is 1180. The van der Waals surface area contributed by atoms with E-state index in [1.54, 1.807) is 29.2 Å². The molecule has 0 unspecified atom stereocenters. The van der Waals surface area contributed by atoms with Gasteiger partial charge < -0.3 is 19.7 Å². The molecule has 2 amide bonds. The summed E-state index contributed by atoms with van der Waals surface area (Å²) in [4.78, 5) is 26.4. The zero-order valence-electron chi connectivity index (χ0n) is 18.7. The van der Waals surface area contributed by atoms with Crippen LogP contribution >= 0.6 is 0 Å². The van der Waals surface area contributed by atoms with Gasteiger partial charge in [-0.1, -0.05) is 42.0 Å². The molecule has 0 fully saturated rings. The second-order valence-electron chi connectivity index (χ2n) is 7.91. The van der Waals surface area contributed by atoms with Crippen molar-refractivity contribution < 1.29 is 19.1 Å². The van der Waals surface area contributed by atoms with Crippen LogP contribution in [0.25, 0.3) is 6.08 Å². The van der Waals surface area contributed by atoms with Gasteiger partial charge in [-0.05, 0) is 55.3 Å². The smallest absolute Gasteiger partial charge is 0.265 e. The van der Waals surface area contributed by atoms with E-state index in [-0.39, 0.29) is 18.4 Å². The lowest BCUT2D eigenvalue weighted by atomic mass is 10.1. The first-order chi connectivity index (χ1) is 16.0. The molecule has 0 aromatic heterocycles. The second kappa shape index (κ2) is 10.0. The molecule has 6 heteroatoms. The number of benzene rings is 3. The van der Waals surface area contributed by atoms with E-state index in [0.29, 0.717) is 30.3 Å². The van der Waals surface area contributed by atoms with Crippen molar-refractivity contribution in [3.05, 3.63) is 89.5 Å². The normalized spacial score (nSPS) is 12.9. The van der Waals surface area contributed by atoms with E-state index in [0.717, 1.165) is 16.9 Å². The maximum absolute atomic E-state index is 12.4. The van der Waals surface area contributed by atoms with Gasteiger partial charge in [0.15, 0.2) is 6.61 Å². The molecule has 0 bridgehead atoms. The van der Waals surface area contributed by atoms with Gasteiger partial charge in [0.2, 0.25) is 5.91 Å². The Hall–Kier alpha value is -4.06. The summed E-state index contributed by atoms with van der Waals surface area (Å²) in [6.45, 7) is 4.72. The molecule has 168 valence electrons. The molecule has 1 aliphatic heterocycles. The van der Waals surface area contributed by atoms with Crippen molar-refractivity contribution in [2.75, 3.05) is 30.0 Å². The molecule has 33 heavy (non-hydrogen) atoms. The number of anilines is 2. The molecule has 3 aromatic rings. The standard InChI is InChI=1S/C27H26N2O4/c1-19-6-8-21(9-7-19)10-13-26(30)28-22-11-12-24-25(17-22)33-18-27(31)29(24)14-15-32-23-5-3-4-20(2)16-23/h3-13,16-17H,14-15,18H2,1-2H3,(H,28,30)/b13-10+. The van der Waals surface area contributed by atoms with Gasteiger partial charge in [-0.2, -0.15) is 0 Å². The average Bonchev–Trinajstić information content (AvgIpc) is 2.80. The number of ether oxygens (including phenoxy) is 2. The quantitative estimate of drug-likeness (QED) is 0.536. The molecule has 3 aromatic carbocycles. The van der Waals surface area contributed by atoms with E-state index in [4.69, 9.17) is 9.47 Å². The third-order valence-corrected chi connectivity index (χ3v) is 5.25. The average molecular weight is 443 g/mol. The molecule has 0 saturated carbocycles. The number of hydrogen-bond acceptors (Lipinski definition) is 4. The molecular formula is C27H26N2O4. The Morgan fingerprint density at radius 1 is 1.06 bits per heavy atom. The fourth-order valence-electron chi connectivity index (χ4n) is 3.52. The molecule has 0 radical (unpaired) electrons. The summed E-state index contributed by atoms with van der Waals surface area (Å²) in [5.74, 6) is 0.942. The molecule has 1 N–H and O–H groups in total. The van der Waals surface area contributed by atoms with E-state index >= 15 is 0 Å². The van der Waals surface area contributed by atoms with Gasteiger partial charge in [-0.25, -0.2) is 0 Å². The number of rotatable bonds is 7. The van der Waals surface area contributed by atoms with Gasteiger partial charge in [0.05, 0.1) is 12.2 Å². The highest BCUT2D eigenvalue weighted by Crippen LogP contribution is 2.34. The van der Waals surface area contributed by atoms with Crippen LogP contribution in [0.15, 0.2) is 72.8 Å². The van der Waals surface area contributed by atoms with Crippen molar-refractivity contribution >= 4 is 29.3 Å². The molecule has 0 spiro atoms. The monoisotopic (exact) mass is 442 g/mol. The first-order valence-electron chi connectivity index (χ1n) is 10.8. The number of aryl methyl sites for hydroxylation is 2. The summed E-state index contributed by atoms with van der Waals surface area (Å²) in [5, 5.41) is 2.84. The van der Waals surface area contributed by atoms with Crippen LogP contribution < -0.4 is 19.7 Å². The van der Waals surface area contributed by atoms with Gasteiger partial charge >= 0.3 is 0 Å². The molecular weight excluding hydrogens is 416 g/mol. The van der Waals surface area contributed by atoms with E-state index < -0.39 is 0 Å². The lowest BCUT2D eigenvalue weighted by molar-refractivity contribution is -0.121. The van der Waals surface area contributed by atoms with Crippen LogP contribution in [0.3, 0.4) is 0 Å². The number of hydrogen-bond donors (Lipinski definition) is 1. The molecule has 0 atom stereocenters. The highest BCUT2D eigenvalue weighted by Gasteiger charge is 2.25. The van der Waals surface area contributed by atoms with Gasteiger partial charge in [-0.3, -0.25) is 9.59 Å². The number of carbonyl (C=O) groups is 2. The summed E-state index contributed by atoms with van der Waals surface area (Å²) in [7, 11) is 0. The van der Waals surface area contributed by atoms with Gasteiger partial charge in [-0.15, -0.1) is 0 Å². The van der Waals surface area contributed by atoms with Crippen molar-refractivity contribution in [1.82, 2.24) is 0 Å². The van der Waals surface area contributed by atoms with Crippen molar-refractivity contribution in [3.63, 3.8) is 0 Å². The van der Waals surface area contributed by atoms with Crippen LogP contribution in [0.1, 0.15) is 16.7 Å². The SMILES string of the molecule is Cc1ccc(/C=C/C(=O)Nc2ccc3c(c2)OCC(=O)N3CCOc2cccc(C)c2)cc1. The van der Waals surface area contributed by atoms with Crippen molar-refractivity contribution in [1.29, 1.82) is 0 Å². The minimum atomic E-state index is -0.245. The van der Waals surface area contributed by atoms with Crippen LogP contribution in [0.2, 0.25) is 0 Å². The highest BCUT2D eigenvalue weighted by atomic mass is 16.5. The van der Waals surface area contributed by atoms with E-state index in [2.05, 4.69) is 5.32 Å². The summed E-state index contributed by atoms with van der Waals surface area (Å²) in [6.07, 6.45) is 3.25. The lowest BCUT2D eigenvalue weighted by Gasteiger charge is -2.29. The number of carbonyl (C=O) groups excluding carboxylic acids is 2. The number of nitrogens with one attached hydrogen (secondary N) is 1. The maximum Gasteiger partial charge on any atom is 0.265 e. The third kappa shape index (κ3) is 5.80. The number of fused-ring (bicyclic) bond motifs is 1. The van der Waals surface area contributed by atoms with Crippen LogP contribution in [0.4, 0.5) is 11.4 Å². The van der Waals surface area contributed by atoms with Crippen LogP contribution in [0, 0.1) is 13.8 Å². The largest absolute Gasteiger partial charge is 0.492 e. The van der Waals surface area contributed by atoms with Gasteiger partial charge in [0.1, 0.15) is 18.1 Å². The zero-order chi connectivity index (χ0) is 23.2. The summed E-state index contributed by atoms with van der Waals surface area (Å²) < 4.78 is 11.4. The van der Waals surface area contributed by atoms with Crippen molar-refractivity contribution in [2.24, 2.45) is 0 Å². The second-order valence-corrected chi connectivity index (χ2v) is 7.91. The molecule has 0 aliphatic carbocycles. The van der Waals surface area contributed by atoms with Crippen LogP contribution in [0.5, 0.6) is 11.5 Å². The molecule has 1 heterocycles.